The van der Waals surface area contributed by atoms with E-state index in [1.54, 1.807) is 0 Å². The zero-order valence-electron chi connectivity index (χ0n) is 10.3. The standard InChI is InChI=1S/C10H15Cl2NO4S/c1-6(17-5-7(15-2)16-3)4-13-10(14)8(11)9(12)18-13/h6-7H,4-5H2,1-3H3. The molecule has 1 unspecified atom stereocenters. The summed E-state index contributed by atoms with van der Waals surface area (Å²) in [4.78, 5) is 11.6. The van der Waals surface area contributed by atoms with Gasteiger partial charge in [-0.1, -0.05) is 23.2 Å². The maximum Gasteiger partial charge on any atom is 0.281 e. The summed E-state index contributed by atoms with van der Waals surface area (Å²) in [5.41, 5.74) is -0.294. The highest BCUT2D eigenvalue weighted by molar-refractivity contribution is 7.11. The molecule has 5 nitrogen and oxygen atoms in total. The average molecular weight is 316 g/mol. The molecule has 8 heteroatoms. The first-order valence-electron chi connectivity index (χ1n) is 5.21. The Morgan fingerprint density at radius 2 is 1.94 bits per heavy atom. The quantitative estimate of drug-likeness (QED) is 0.724. The minimum atomic E-state index is -0.417. The fraction of sp³-hybridized carbons (Fsp3) is 0.700. The predicted molar refractivity (Wildman–Crippen MR) is 71.8 cm³/mol. The second kappa shape index (κ2) is 7.47. The lowest BCUT2D eigenvalue weighted by Crippen LogP contribution is -2.27. The molecule has 104 valence electrons. The molecule has 0 saturated carbocycles. The lowest BCUT2D eigenvalue weighted by molar-refractivity contribution is -0.150. The molecule has 0 aliphatic rings. The molecule has 0 bridgehead atoms. The van der Waals surface area contributed by atoms with Gasteiger partial charge in [0.05, 0.1) is 19.3 Å². The minimum absolute atomic E-state index is 0.0560. The Bertz CT molecular complexity index is 430. The van der Waals surface area contributed by atoms with E-state index in [4.69, 9.17) is 37.4 Å². The van der Waals surface area contributed by atoms with Gasteiger partial charge in [0.2, 0.25) is 0 Å². The van der Waals surface area contributed by atoms with Crippen molar-refractivity contribution in [2.24, 2.45) is 0 Å². The number of nitrogens with zero attached hydrogens (tertiary/aromatic N) is 1. The topological polar surface area (TPSA) is 49.7 Å². The molecule has 1 aromatic rings. The number of methoxy groups -OCH3 is 2. The van der Waals surface area contributed by atoms with Gasteiger partial charge in [0.1, 0.15) is 9.36 Å². The highest BCUT2D eigenvalue weighted by atomic mass is 35.5. The molecule has 1 aromatic heterocycles. The molecule has 18 heavy (non-hydrogen) atoms. The van der Waals surface area contributed by atoms with E-state index in [1.807, 2.05) is 6.92 Å². The van der Waals surface area contributed by atoms with Crippen LogP contribution in [0.2, 0.25) is 9.36 Å². The molecule has 0 aromatic carbocycles. The van der Waals surface area contributed by atoms with Gasteiger partial charge in [-0.15, -0.1) is 0 Å². The van der Waals surface area contributed by atoms with E-state index >= 15 is 0 Å². The van der Waals surface area contributed by atoms with Crippen LogP contribution >= 0.6 is 34.7 Å². The van der Waals surface area contributed by atoms with E-state index in [-0.39, 0.29) is 23.3 Å². The maximum absolute atomic E-state index is 11.6. The third-order valence-electron chi connectivity index (χ3n) is 2.24. The van der Waals surface area contributed by atoms with Crippen LogP contribution in [0.5, 0.6) is 0 Å². The number of aromatic nitrogens is 1. The zero-order valence-corrected chi connectivity index (χ0v) is 12.6. The van der Waals surface area contributed by atoms with E-state index in [0.29, 0.717) is 10.9 Å². The van der Waals surface area contributed by atoms with Crippen LogP contribution in [0.15, 0.2) is 4.79 Å². The third-order valence-corrected chi connectivity index (χ3v) is 4.10. The van der Waals surface area contributed by atoms with Gasteiger partial charge in [-0.05, 0) is 18.5 Å². The second-order valence-corrected chi connectivity index (χ2v) is 5.60. The van der Waals surface area contributed by atoms with Gasteiger partial charge < -0.3 is 14.2 Å². The van der Waals surface area contributed by atoms with Crippen molar-refractivity contribution in [1.82, 2.24) is 3.96 Å². The van der Waals surface area contributed by atoms with Gasteiger partial charge in [-0.3, -0.25) is 8.75 Å². The van der Waals surface area contributed by atoms with Gasteiger partial charge in [-0.25, -0.2) is 0 Å². The van der Waals surface area contributed by atoms with Crippen molar-refractivity contribution in [3.05, 3.63) is 19.7 Å². The predicted octanol–water partition coefficient (Wildman–Crippen LogP) is 2.24. The SMILES string of the molecule is COC(COC(C)Cn1sc(Cl)c(Cl)c1=O)OC. The third kappa shape index (κ3) is 4.22. The van der Waals surface area contributed by atoms with Crippen molar-refractivity contribution >= 4 is 34.7 Å². The normalized spacial score (nSPS) is 13.2. The molecule has 1 atom stereocenters. The summed E-state index contributed by atoms with van der Waals surface area (Å²) < 4.78 is 17.2. The van der Waals surface area contributed by atoms with Crippen LogP contribution in [0.3, 0.4) is 0 Å². The van der Waals surface area contributed by atoms with E-state index in [1.165, 1.54) is 18.2 Å². The van der Waals surface area contributed by atoms with Gasteiger partial charge >= 0.3 is 0 Å². The molecule has 0 radical (unpaired) electrons. The first-order valence-corrected chi connectivity index (χ1v) is 6.74. The molecule has 0 aliphatic heterocycles. The van der Waals surface area contributed by atoms with E-state index in [9.17, 15) is 4.79 Å². The maximum atomic E-state index is 11.6. The second-order valence-electron chi connectivity index (χ2n) is 3.59. The van der Waals surface area contributed by atoms with Gasteiger partial charge in [0, 0.05) is 14.2 Å². The average Bonchev–Trinajstić information content (AvgIpc) is 2.58. The molecule has 0 fully saturated rings. The lowest BCUT2D eigenvalue weighted by atomic mass is 10.4. The molecular weight excluding hydrogens is 301 g/mol. The van der Waals surface area contributed by atoms with Crippen LogP contribution < -0.4 is 5.56 Å². The van der Waals surface area contributed by atoms with Crippen LogP contribution in [-0.2, 0) is 20.8 Å². The molecule has 0 saturated heterocycles. The van der Waals surface area contributed by atoms with Crippen molar-refractivity contribution < 1.29 is 14.2 Å². The Hall–Kier alpha value is -0.110. The number of hydrogen-bond acceptors (Lipinski definition) is 5. The largest absolute Gasteiger partial charge is 0.371 e. The van der Waals surface area contributed by atoms with Crippen LogP contribution in [0.4, 0.5) is 0 Å². The summed E-state index contributed by atoms with van der Waals surface area (Å²) in [6.45, 7) is 2.52. The van der Waals surface area contributed by atoms with Crippen molar-refractivity contribution in [2.45, 2.75) is 25.9 Å². The van der Waals surface area contributed by atoms with Gasteiger partial charge in [0.15, 0.2) is 6.29 Å². The molecule has 0 spiro atoms. The molecule has 0 aliphatic carbocycles. The number of rotatable bonds is 7. The smallest absolute Gasteiger partial charge is 0.281 e. The Labute approximate surface area is 119 Å². The monoisotopic (exact) mass is 315 g/mol. The summed E-state index contributed by atoms with van der Waals surface area (Å²) in [5, 5.41) is 0.0560. The van der Waals surface area contributed by atoms with Gasteiger partial charge in [0.25, 0.3) is 5.56 Å². The van der Waals surface area contributed by atoms with Crippen molar-refractivity contribution in [1.29, 1.82) is 0 Å². The Morgan fingerprint density at radius 1 is 1.33 bits per heavy atom. The number of ether oxygens (including phenoxy) is 3. The zero-order chi connectivity index (χ0) is 13.7. The first-order chi connectivity index (χ1) is 8.49. The number of halogens is 2. The highest BCUT2D eigenvalue weighted by Crippen LogP contribution is 2.23. The fourth-order valence-electron chi connectivity index (χ4n) is 1.25. The summed E-state index contributed by atoms with van der Waals surface area (Å²) in [5.74, 6) is 0. The molecule has 1 rings (SSSR count). The van der Waals surface area contributed by atoms with Crippen LogP contribution in [0.1, 0.15) is 6.92 Å². The Balaban J connectivity index is 2.52. The van der Waals surface area contributed by atoms with Gasteiger partial charge in [-0.2, -0.15) is 0 Å². The minimum Gasteiger partial charge on any atom is -0.371 e. The molecule has 0 N–H and O–H groups in total. The van der Waals surface area contributed by atoms with Crippen LogP contribution in [0.25, 0.3) is 0 Å². The first kappa shape index (κ1) is 15.9. The van der Waals surface area contributed by atoms with Crippen molar-refractivity contribution in [3.63, 3.8) is 0 Å². The van der Waals surface area contributed by atoms with E-state index in [0.717, 1.165) is 11.5 Å². The van der Waals surface area contributed by atoms with E-state index in [2.05, 4.69) is 0 Å². The van der Waals surface area contributed by atoms with Crippen LogP contribution in [0, 0.1) is 0 Å². The Morgan fingerprint density at radius 3 is 2.39 bits per heavy atom. The highest BCUT2D eigenvalue weighted by Gasteiger charge is 2.15. The molecule has 1 heterocycles. The van der Waals surface area contributed by atoms with Crippen LogP contribution in [-0.4, -0.2) is 37.2 Å². The van der Waals surface area contributed by atoms with E-state index < -0.39 is 6.29 Å². The summed E-state index contributed by atoms with van der Waals surface area (Å²) in [7, 11) is 3.07. The number of hydrogen-bond donors (Lipinski definition) is 0. The molecular formula is C10H15Cl2NO4S. The van der Waals surface area contributed by atoms with Crippen molar-refractivity contribution in [2.75, 3.05) is 20.8 Å². The Kier molecular flexibility index (Phi) is 6.62. The van der Waals surface area contributed by atoms with Crippen molar-refractivity contribution in [3.8, 4) is 0 Å². The summed E-state index contributed by atoms with van der Waals surface area (Å²) in [6, 6.07) is 0. The fourth-order valence-corrected chi connectivity index (χ4v) is 2.66. The lowest BCUT2D eigenvalue weighted by Gasteiger charge is -2.17. The summed E-state index contributed by atoms with van der Waals surface area (Å²) in [6.07, 6.45) is -0.596. The molecule has 0 amide bonds. The summed E-state index contributed by atoms with van der Waals surface area (Å²) >= 11 is 12.6.